The van der Waals surface area contributed by atoms with E-state index in [0.29, 0.717) is 6.10 Å². The van der Waals surface area contributed by atoms with E-state index in [1.807, 2.05) is 6.08 Å². The van der Waals surface area contributed by atoms with Gasteiger partial charge in [0.25, 0.3) is 0 Å². The lowest BCUT2D eigenvalue weighted by Crippen LogP contribution is -1.85. The summed E-state index contributed by atoms with van der Waals surface area (Å²) < 4.78 is 5.14. The van der Waals surface area contributed by atoms with Crippen LogP contribution in [0.3, 0.4) is 0 Å². The number of rotatable bonds is 8. The van der Waals surface area contributed by atoms with Gasteiger partial charge in [-0.2, -0.15) is 0 Å². The van der Waals surface area contributed by atoms with Crippen LogP contribution in [0.5, 0.6) is 0 Å². The molecule has 1 nitrogen and oxygen atoms in total. The van der Waals surface area contributed by atoms with Gasteiger partial charge in [0, 0.05) is 0 Å². The Bertz CT molecular complexity index is 116. The first-order chi connectivity index (χ1) is 5.93. The molecule has 0 spiro atoms. The van der Waals surface area contributed by atoms with Gasteiger partial charge in [0.15, 0.2) is 0 Å². The van der Waals surface area contributed by atoms with Gasteiger partial charge in [-0.25, -0.2) is 0 Å². The first-order valence-corrected chi connectivity index (χ1v) is 5.16. The first kappa shape index (κ1) is 9.79. The minimum Gasteiger partial charge on any atom is -0.373 e. The molecule has 1 atom stereocenters. The Morgan fingerprint density at radius 2 is 1.83 bits per heavy atom. The van der Waals surface area contributed by atoms with Gasteiger partial charge in [-0.3, -0.25) is 0 Å². The normalized spacial score (nSPS) is 20.8. The van der Waals surface area contributed by atoms with Crippen LogP contribution < -0.4 is 0 Å². The molecule has 0 radical (unpaired) electrons. The molecule has 0 N–H and O–H groups in total. The average molecular weight is 168 g/mol. The van der Waals surface area contributed by atoms with E-state index < -0.39 is 0 Å². The standard InChI is InChI=1S/C11H20O/c1-2-3-4-5-6-7-8-9-11-10-12-11/h2,11H,1,3-10H2/t11-/m1/s1. The van der Waals surface area contributed by atoms with Crippen LogP contribution >= 0.6 is 0 Å². The van der Waals surface area contributed by atoms with E-state index in [1.54, 1.807) is 0 Å². The predicted molar refractivity (Wildman–Crippen MR) is 52.3 cm³/mol. The zero-order valence-electron chi connectivity index (χ0n) is 7.93. The van der Waals surface area contributed by atoms with E-state index in [0.717, 1.165) is 6.61 Å². The molecule has 0 aromatic carbocycles. The van der Waals surface area contributed by atoms with Crippen molar-refractivity contribution in [3.05, 3.63) is 12.7 Å². The lowest BCUT2D eigenvalue weighted by Gasteiger charge is -1.98. The third-order valence-electron chi connectivity index (χ3n) is 2.34. The van der Waals surface area contributed by atoms with E-state index >= 15 is 0 Å². The molecular formula is C11H20O. The SMILES string of the molecule is C=CCCCCCCC[C@@H]1CO1. The fourth-order valence-electron chi connectivity index (χ4n) is 1.43. The minimum atomic E-state index is 0.637. The maximum atomic E-state index is 5.14. The molecule has 1 rings (SSSR count). The number of ether oxygens (including phenoxy) is 1. The third kappa shape index (κ3) is 5.36. The van der Waals surface area contributed by atoms with Crippen LogP contribution in [0.25, 0.3) is 0 Å². The van der Waals surface area contributed by atoms with Gasteiger partial charge in [0.05, 0.1) is 12.7 Å². The monoisotopic (exact) mass is 168 g/mol. The largest absolute Gasteiger partial charge is 0.373 e. The lowest BCUT2D eigenvalue weighted by atomic mass is 10.1. The van der Waals surface area contributed by atoms with Crippen LogP contribution in [0.1, 0.15) is 44.9 Å². The molecule has 0 aliphatic carbocycles. The molecule has 1 saturated heterocycles. The van der Waals surface area contributed by atoms with Crippen LogP contribution in [-0.2, 0) is 4.74 Å². The second kappa shape index (κ2) is 6.24. The van der Waals surface area contributed by atoms with Gasteiger partial charge in [-0.05, 0) is 19.3 Å². The fourth-order valence-corrected chi connectivity index (χ4v) is 1.43. The summed E-state index contributed by atoms with van der Waals surface area (Å²) in [5, 5.41) is 0. The first-order valence-electron chi connectivity index (χ1n) is 5.16. The summed E-state index contributed by atoms with van der Waals surface area (Å²) in [4.78, 5) is 0. The molecule has 1 aliphatic heterocycles. The summed E-state index contributed by atoms with van der Waals surface area (Å²) in [7, 11) is 0. The van der Waals surface area contributed by atoms with Crippen molar-refractivity contribution >= 4 is 0 Å². The summed E-state index contributed by atoms with van der Waals surface area (Å²) in [6.07, 6.45) is 12.0. The van der Waals surface area contributed by atoms with E-state index in [4.69, 9.17) is 4.74 Å². The van der Waals surface area contributed by atoms with Gasteiger partial charge in [0.2, 0.25) is 0 Å². The van der Waals surface area contributed by atoms with Crippen molar-refractivity contribution in [3.63, 3.8) is 0 Å². The summed E-state index contributed by atoms with van der Waals surface area (Å²) in [6.45, 7) is 4.73. The second-order valence-corrected chi connectivity index (χ2v) is 3.59. The topological polar surface area (TPSA) is 12.5 Å². The van der Waals surface area contributed by atoms with Crippen molar-refractivity contribution in [2.24, 2.45) is 0 Å². The van der Waals surface area contributed by atoms with Crippen molar-refractivity contribution in [2.75, 3.05) is 6.61 Å². The molecule has 1 aliphatic rings. The molecule has 0 saturated carbocycles. The molecule has 12 heavy (non-hydrogen) atoms. The smallest absolute Gasteiger partial charge is 0.0810 e. The molecular weight excluding hydrogens is 148 g/mol. The van der Waals surface area contributed by atoms with Crippen molar-refractivity contribution in [1.82, 2.24) is 0 Å². The quantitative estimate of drug-likeness (QED) is 0.308. The average Bonchev–Trinajstić information content (AvgIpc) is 2.87. The van der Waals surface area contributed by atoms with Crippen molar-refractivity contribution in [1.29, 1.82) is 0 Å². The zero-order valence-corrected chi connectivity index (χ0v) is 7.93. The fraction of sp³-hybridized carbons (Fsp3) is 0.818. The summed E-state index contributed by atoms with van der Waals surface area (Å²) in [5.74, 6) is 0. The van der Waals surface area contributed by atoms with E-state index in [2.05, 4.69) is 6.58 Å². The maximum absolute atomic E-state index is 5.14. The highest BCUT2D eigenvalue weighted by Gasteiger charge is 2.20. The molecule has 1 heteroatoms. The Labute approximate surface area is 75.8 Å². The highest BCUT2D eigenvalue weighted by atomic mass is 16.6. The molecule has 70 valence electrons. The molecule has 0 aromatic rings. The molecule has 0 bridgehead atoms. The Hall–Kier alpha value is -0.300. The van der Waals surface area contributed by atoms with Crippen molar-refractivity contribution in [3.8, 4) is 0 Å². The summed E-state index contributed by atoms with van der Waals surface area (Å²) >= 11 is 0. The highest BCUT2D eigenvalue weighted by molar-refractivity contribution is 4.68. The minimum absolute atomic E-state index is 0.637. The second-order valence-electron chi connectivity index (χ2n) is 3.59. The maximum Gasteiger partial charge on any atom is 0.0810 e. The Kier molecular flexibility index (Phi) is 5.09. The number of unbranched alkanes of at least 4 members (excludes halogenated alkanes) is 5. The van der Waals surface area contributed by atoms with E-state index in [9.17, 15) is 0 Å². The van der Waals surface area contributed by atoms with Crippen LogP contribution in [0.4, 0.5) is 0 Å². The number of epoxide rings is 1. The number of hydrogen-bond acceptors (Lipinski definition) is 1. The van der Waals surface area contributed by atoms with Crippen LogP contribution in [0.15, 0.2) is 12.7 Å². The number of hydrogen-bond donors (Lipinski definition) is 0. The van der Waals surface area contributed by atoms with Crippen LogP contribution in [0.2, 0.25) is 0 Å². The Balaban J connectivity index is 1.67. The van der Waals surface area contributed by atoms with Crippen LogP contribution in [0, 0.1) is 0 Å². The summed E-state index contributed by atoms with van der Waals surface area (Å²) in [5.41, 5.74) is 0. The predicted octanol–water partition coefficient (Wildman–Crippen LogP) is 3.30. The van der Waals surface area contributed by atoms with Crippen LogP contribution in [-0.4, -0.2) is 12.7 Å². The summed E-state index contributed by atoms with van der Waals surface area (Å²) in [6, 6.07) is 0. The van der Waals surface area contributed by atoms with Gasteiger partial charge in [-0.15, -0.1) is 6.58 Å². The van der Waals surface area contributed by atoms with Gasteiger partial charge < -0.3 is 4.74 Å². The molecule has 0 aromatic heterocycles. The van der Waals surface area contributed by atoms with Crippen molar-refractivity contribution in [2.45, 2.75) is 51.0 Å². The molecule has 1 heterocycles. The Morgan fingerprint density at radius 3 is 2.50 bits per heavy atom. The number of allylic oxidation sites excluding steroid dienone is 1. The van der Waals surface area contributed by atoms with Gasteiger partial charge in [-0.1, -0.05) is 31.8 Å². The highest BCUT2D eigenvalue weighted by Crippen LogP contribution is 2.17. The third-order valence-corrected chi connectivity index (χ3v) is 2.34. The van der Waals surface area contributed by atoms with E-state index in [-0.39, 0.29) is 0 Å². The molecule has 0 unspecified atom stereocenters. The van der Waals surface area contributed by atoms with Gasteiger partial charge >= 0.3 is 0 Å². The Morgan fingerprint density at radius 1 is 1.17 bits per heavy atom. The molecule has 1 fully saturated rings. The lowest BCUT2D eigenvalue weighted by molar-refractivity contribution is 0.387. The van der Waals surface area contributed by atoms with Crippen molar-refractivity contribution < 1.29 is 4.74 Å². The van der Waals surface area contributed by atoms with E-state index in [1.165, 1.54) is 44.9 Å². The molecule has 0 amide bonds. The zero-order chi connectivity index (χ0) is 8.65. The van der Waals surface area contributed by atoms with Gasteiger partial charge in [0.1, 0.15) is 0 Å².